The van der Waals surface area contributed by atoms with Crippen LogP contribution in [0.15, 0.2) is 30.5 Å². The standard InChI is InChI=1S/C13H12ClN3O3/c1-20-11-5-10(9(14)4-8(11)13(18)19)17-12-3-2-7(15)6-16-12/h2-6H,15H2,1H3,(H,16,17)(H,18,19). The fourth-order valence-electron chi connectivity index (χ4n) is 1.60. The van der Waals surface area contributed by atoms with Crippen molar-refractivity contribution in [3.63, 3.8) is 0 Å². The first-order valence-electron chi connectivity index (χ1n) is 5.60. The fourth-order valence-corrected chi connectivity index (χ4v) is 1.81. The zero-order chi connectivity index (χ0) is 14.7. The number of aromatic carboxylic acids is 1. The molecule has 1 aromatic carbocycles. The van der Waals surface area contributed by atoms with Gasteiger partial charge >= 0.3 is 5.97 Å². The molecule has 4 N–H and O–H groups in total. The Bertz CT molecular complexity index is 644. The number of carboxylic acids is 1. The van der Waals surface area contributed by atoms with Crippen molar-refractivity contribution < 1.29 is 14.6 Å². The Morgan fingerprint density at radius 3 is 2.75 bits per heavy atom. The number of carbonyl (C=O) groups is 1. The molecule has 0 saturated heterocycles. The van der Waals surface area contributed by atoms with Crippen LogP contribution in [-0.2, 0) is 0 Å². The minimum atomic E-state index is -1.11. The molecule has 1 aromatic heterocycles. The van der Waals surface area contributed by atoms with E-state index in [0.717, 1.165) is 0 Å². The zero-order valence-corrected chi connectivity index (χ0v) is 11.3. The summed E-state index contributed by atoms with van der Waals surface area (Å²) in [5.74, 6) is -0.369. The van der Waals surface area contributed by atoms with E-state index in [2.05, 4.69) is 10.3 Å². The van der Waals surface area contributed by atoms with E-state index in [1.54, 1.807) is 12.1 Å². The number of nitrogens with zero attached hydrogens (tertiary/aromatic N) is 1. The summed E-state index contributed by atoms with van der Waals surface area (Å²) < 4.78 is 5.04. The van der Waals surface area contributed by atoms with E-state index in [-0.39, 0.29) is 16.3 Å². The summed E-state index contributed by atoms with van der Waals surface area (Å²) in [6.07, 6.45) is 1.50. The Hall–Kier alpha value is -2.47. The van der Waals surface area contributed by atoms with Crippen molar-refractivity contribution in [3.8, 4) is 5.75 Å². The molecule has 0 fully saturated rings. The highest BCUT2D eigenvalue weighted by molar-refractivity contribution is 6.33. The average Bonchev–Trinajstić information content (AvgIpc) is 2.42. The number of nitrogen functional groups attached to an aromatic ring is 1. The number of hydrogen-bond donors (Lipinski definition) is 3. The van der Waals surface area contributed by atoms with E-state index in [0.29, 0.717) is 17.2 Å². The minimum Gasteiger partial charge on any atom is -0.496 e. The summed E-state index contributed by atoms with van der Waals surface area (Å²) >= 11 is 6.05. The van der Waals surface area contributed by atoms with Crippen LogP contribution in [0.4, 0.5) is 17.2 Å². The van der Waals surface area contributed by atoms with Crippen molar-refractivity contribution in [3.05, 3.63) is 41.0 Å². The third-order valence-corrected chi connectivity index (χ3v) is 2.88. The zero-order valence-electron chi connectivity index (χ0n) is 10.6. The lowest BCUT2D eigenvalue weighted by atomic mass is 10.1. The van der Waals surface area contributed by atoms with Crippen LogP contribution in [0.3, 0.4) is 0 Å². The molecule has 6 nitrogen and oxygen atoms in total. The number of carboxylic acid groups (broad SMARTS) is 1. The van der Waals surface area contributed by atoms with Crippen LogP contribution in [-0.4, -0.2) is 23.2 Å². The van der Waals surface area contributed by atoms with E-state index in [1.165, 1.54) is 25.4 Å². The van der Waals surface area contributed by atoms with Crippen molar-refractivity contribution in [1.29, 1.82) is 0 Å². The number of pyridine rings is 1. The molecule has 104 valence electrons. The topological polar surface area (TPSA) is 97.5 Å². The third-order valence-electron chi connectivity index (χ3n) is 2.57. The van der Waals surface area contributed by atoms with Crippen molar-refractivity contribution in [1.82, 2.24) is 4.98 Å². The third kappa shape index (κ3) is 2.92. The Morgan fingerprint density at radius 2 is 2.20 bits per heavy atom. The average molecular weight is 294 g/mol. The van der Waals surface area contributed by atoms with Gasteiger partial charge in [-0.2, -0.15) is 0 Å². The molecular weight excluding hydrogens is 282 g/mol. The van der Waals surface area contributed by atoms with E-state index in [9.17, 15) is 4.79 Å². The van der Waals surface area contributed by atoms with Crippen molar-refractivity contribution in [2.45, 2.75) is 0 Å². The smallest absolute Gasteiger partial charge is 0.339 e. The lowest BCUT2D eigenvalue weighted by Crippen LogP contribution is -2.02. The van der Waals surface area contributed by atoms with Gasteiger partial charge in [-0.25, -0.2) is 9.78 Å². The molecular formula is C13H12ClN3O3. The van der Waals surface area contributed by atoms with Crippen LogP contribution in [0.5, 0.6) is 5.75 Å². The first-order valence-corrected chi connectivity index (χ1v) is 5.98. The number of methoxy groups -OCH3 is 1. The fraction of sp³-hybridized carbons (Fsp3) is 0.0769. The number of aromatic nitrogens is 1. The van der Waals surface area contributed by atoms with Gasteiger partial charge in [-0.15, -0.1) is 0 Å². The van der Waals surface area contributed by atoms with Crippen molar-refractivity contribution >= 4 is 34.8 Å². The van der Waals surface area contributed by atoms with Gasteiger partial charge in [0.25, 0.3) is 0 Å². The van der Waals surface area contributed by atoms with E-state index >= 15 is 0 Å². The van der Waals surface area contributed by atoms with E-state index < -0.39 is 5.97 Å². The summed E-state index contributed by atoms with van der Waals surface area (Å²) in [7, 11) is 1.39. The maximum absolute atomic E-state index is 11.1. The van der Waals surface area contributed by atoms with Crippen LogP contribution >= 0.6 is 11.6 Å². The Kier molecular flexibility index (Phi) is 3.95. The molecule has 7 heteroatoms. The predicted octanol–water partition coefficient (Wildman–Crippen LogP) is 2.77. The molecule has 2 rings (SSSR count). The van der Waals surface area contributed by atoms with Gasteiger partial charge in [-0.1, -0.05) is 11.6 Å². The molecule has 0 aliphatic heterocycles. The maximum atomic E-state index is 11.1. The van der Waals surface area contributed by atoms with Gasteiger partial charge < -0.3 is 20.9 Å². The molecule has 0 amide bonds. The van der Waals surface area contributed by atoms with E-state index in [1.807, 2.05) is 0 Å². The molecule has 2 aromatic rings. The number of hydrogen-bond acceptors (Lipinski definition) is 5. The van der Waals surface area contributed by atoms with Gasteiger partial charge in [0.15, 0.2) is 0 Å². The molecule has 20 heavy (non-hydrogen) atoms. The highest BCUT2D eigenvalue weighted by atomic mass is 35.5. The second-order valence-corrected chi connectivity index (χ2v) is 4.35. The number of halogens is 1. The SMILES string of the molecule is COc1cc(Nc2ccc(N)cn2)c(Cl)cc1C(=O)O. The highest BCUT2D eigenvalue weighted by Gasteiger charge is 2.15. The second-order valence-electron chi connectivity index (χ2n) is 3.94. The van der Waals surface area contributed by atoms with E-state index in [4.69, 9.17) is 27.2 Å². The molecule has 0 saturated carbocycles. The number of anilines is 3. The van der Waals surface area contributed by atoms with Crippen molar-refractivity contribution in [2.75, 3.05) is 18.2 Å². The van der Waals surface area contributed by atoms with Gasteiger partial charge in [0.2, 0.25) is 0 Å². The van der Waals surface area contributed by atoms with Gasteiger partial charge in [-0.3, -0.25) is 0 Å². The molecule has 0 aliphatic carbocycles. The van der Waals surface area contributed by atoms with Crippen LogP contribution in [0.25, 0.3) is 0 Å². The molecule has 0 spiro atoms. The second kappa shape index (κ2) is 5.66. The van der Waals surface area contributed by atoms with Crippen molar-refractivity contribution in [2.24, 2.45) is 0 Å². The molecule has 0 unspecified atom stereocenters. The summed E-state index contributed by atoms with van der Waals surface area (Å²) in [5.41, 5.74) is 6.57. The highest BCUT2D eigenvalue weighted by Crippen LogP contribution is 2.32. The number of nitrogens with two attached hydrogens (primary N) is 1. The number of rotatable bonds is 4. The van der Waals surface area contributed by atoms with Gasteiger partial charge in [0.05, 0.1) is 29.7 Å². The summed E-state index contributed by atoms with van der Waals surface area (Å²) in [4.78, 5) is 15.1. The quantitative estimate of drug-likeness (QED) is 0.802. The molecule has 0 aliphatic rings. The van der Waals surface area contributed by atoms with Crippen LogP contribution in [0.2, 0.25) is 5.02 Å². The predicted molar refractivity (Wildman–Crippen MR) is 76.9 cm³/mol. The molecule has 0 atom stereocenters. The van der Waals surface area contributed by atoms with Gasteiger partial charge in [-0.05, 0) is 18.2 Å². The largest absolute Gasteiger partial charge is 0.496 e. The lowest BCUT2D eigenvalue weighted by Gasteiger charge is -2.12. The summed E-state index contributed by atoms with van der Waals surface area (Å²) in [5, 5.41) is 12.3. The normalized spacial score (nSPS) is 10.1. The molecule has 1 heterocycles. The van der Waals surface area contributed by atoms with Gasteiger partial charge in [0, 0.05) is 6.07 Å². The summed E-state index contributed by atoms with van der Waals surface area (Å²) in [6.45, 7) is 0. The minimum absolute atomic E-state index is 0.00619. The molecule has 0 radical (unpaired) electrons. The monoisotopic (exact) mass is 293 g/mol. The van der Waals surface area contributed by atoms with Gasteiger partial charge in [0.1, 0.15) is 17.1 Å². The number of ether oxygens (including phenoxy) is 1. The number of nitrogens with one attached hydrogen (secondary N) is 1. The Balaban J connectivity index is 2.37. The molecule has 0 bridgehead atoms. The Labute approximate surface area is 120 Å². The van der Waals surface area contributed by atoms with Crippen LogP contribution in [0, 0.1) is 0 Å². The Morgan fingerprint density at radius 1 is 1.45 bits per heavy atom. The maximum Gasteiger partial charge on any atom is 0.339 e. The first kappa shape index (κ1) is 14.0. The van der Waals surface area contributed by atoms with Crippen LogP contribution in [0.1, 0.15) is 10.4 Å². The summed E-state index contributed by atoms with van der Waals surface area (Å²) in [6, 6.07) is 6.20. The number of benzene rings is 1. The lowest BCUT2D eigenvalue weighted by molar-refractivity contribution is 0.0693. The first-order chi connectivity index (χ1) is 9.51. The van der Waals surface area contributed by atoms with Crippen LogP contribution < -0.4 is 15.8 Å².